The zero-order chi connectivity index (χ0) is 13.1. The first kappa shape index (κ1) is 16.4. The van der Waals surface area contributed by atoms with E-state index < -0.39 is 0 Å². The molecular weight excluding hydrogens is 216 g/mol. The van der Waals surface area contributed by atoms with Crippen LogP contribution in [0.1, 0.15) is 65.7 Å². The molecule has 0 fully saturated rings. The van der Waals surface area contributed by atoms with Gasteiger partial charge in [0.25, 0.3) is 0 Å². The van der Waals surface area contributed by atoms with Gasteiger partial charge in [-0.1, -0.05) is 46.0 Å². The van der Waals surface area contributed by atoms with Crippen LogP contribution in [0.2, 0.25) is 0 Å². The first-order valence-corrected chi connectivity index (χ1v) is 6.96. The van der Waals surface area contributed by atoms with Gasteiger partial charge in [0.15, 0.2) is 0 Å². The van der Waals surface area contributed by atoms with Crippen molar-refractivity contribution >= 4 is 5.97 Å². The molecule has 1 N–H and O–H groups in total. The molecule has 0 aliphatic rings. The summed E-state index contributed by atoms with van der Waals surface area (Å²) in [5, 5.41) is 9.79. The normalized spacial score (nSPS) is 14.4. The lowest BCUT2D eigenvalue weighted by Crippen LogP contribution is -2.20. The number of ether oxygens (including phenoxy) is 1. The fourth-order valence-electron chi connectivity index (χ4n) is 1.89. The van der Waals surface area contributed by atoms with Crippen LogP contribution in [0.15, 0.2) is 0 Å². The lowest BCUT2D eigenvalue weighted by Gasteiger charge is -2.15. The molecule has 0 aromatic carbocycles. The molecule has 0 unspecified atom stereocenters. The summed E-state index contributed by atoms with van der Waals surface area (Å²) in [5.41, 5.74) is 0. The zero-order valence-corrected chi connectivity index (χ0v) is 11.6. The van der Waals surface area contributed by atoms with Gasteiger partial charge in [-0.15, -0.1) is 0 Å². The van der Waals surface area contributed by atoms with Crippen LogP contribution < -0.4 is 0 Å². The molecule has 0 bridgehead atoms. The molecular formula is C14H28O3. The zero-order valence-electron chi connectivity index (χ0n) is 11.6. The SMILES string of the molecule is CCCCCCC[C@H](O)C[C@H](C)C(=O)OCC. The van der Waals surface area contributed by atoms with Crippen molar-refractivity contribution in [2.24, 2.45) is 5.92 Å². The maximum atomic E-state index is 11.4. The van der Waals surface area contributed by atoms with E-state index in [1.165, 1.54) is 25.7 Å². The van der Waals surface area contributed by atoms with Crippen LogP contribution in [0.5, 0.6) is 0 Å². The van der Waals surface area contributed by atoms with Gasteiger partial charge in [0, 0.05) is 0 Å². The molecule has 0 saturated heterocycles. The molecule has 2 atom stereocenters. The molecule has 102 valence electrons. The minimum atomic E-state index is -0.365. The summed E-state index contributed by atoms with van der Waals surface area (Å²) >= 11 is 0. The van der Waals surface area contributed by atoms with E-state index in [1.54, 1.807) is 6.92 Å². The van der Waals surface area contributed by atoms with E-state index in [4.69, 9.17) is 4.74 Å². The number of aliphatic hydroxyl groups is 1. The molecule has 0 amide bonds. The summed E-state index contributed by atoms with van der Waals surface area (Å²) < 4.78 is 4.91. The monoisotopic (exact) mass is 244 g/mol. The van der Waals surface area contributed by atoms with Crippen molar-refractivity contribution in [3.05, 3.63) is 0 Å². The Morgan fingerprint density at radius 2 is 1.82 bits per heavy atom. The molecule has 0 spiro atoms. The molecule has 3 heteroatoms. The second-order valence-electron chi connectivity index (χ2n) is 4.75. The Morgan fingerprint density at radius 1 is 1.18 bits per heavy atom. The highest BCUT2D eigenvalue weighted by molar-refractivity contribution is 5.71. The Balaban J connectivity index is 3.56. The van der Waals surface area contributed by atoms with Crippen molar-refractivity contribution in [3.63, 3.8) is 0 Å². The third kappa shape index (κ3) is 9.16. The summed E-state index contributed by atoms with van der Waals surface area (Å²) in [6.45, 7) is 6.22. The van der Waals surface area contributed by atoms with Crippen molar-refractivity contribution in [3.8, 4) is 0 Å². The molecule has 0 aliphatic carbocycles. The van der Waals surface area contributed by atoms with E-state index in [9.17, 15) is 9.90 Å². The lowest BCUT2D eigenvalue weighted by atomic mass is 9.99. The molecule has 17 heavy (non-hydrogen) atoms. The van der Waals surface area contributed by atoms with E-state index in [0.29, 0.717) is 13.0 Å². The quantitative estimate of drug-likeness (QED) is 0.474. The molecule has 0 aromatic heterocycles. The average Bonchev–Trinajstić information content (AvgIpc) is 2.29. The van der Waals surface area contributed by atoms with Crippen LogP contribution in [0.3, 0.4) is 0 Å². The van der Waals surface area contributed by atoms with Crippen LogP contribution in [0.4, 0.5) is 0 Å². The Labute approximate surface area is 106 Å². The second kappa shape index (κ2) is 10.6. The van der Waals surface area contributed by atoms with Gasteiger partial charge in [-0.3, -0.25) is 4.79 Å². The highest BCUT2D eigenvalue weighted by atomic mass is 16.5. The Morgan fingerprint density at radius 3 is 2.41 bits per heavy atom. The van der Waals surface area contributed by atoms with E-state index >= 15 is 0 Å². The Kier molecular flexibility index (Phi) is 10.2. The topological polar surface area (TPSA) is 46.5 Å². The van der Waals surface area contributed by atoms with E-state index in [1.807, 2.05) is 6.92 Å². The number of rotatable bonds is 10. The second-order valence-corrected chi connectivity index (χ2v) is 4.75. The number of hydrogen-bond donors (Lipinski definition) is 1. The minimum absolute atomic E-state index is 0.194. The van der Waals surface area contributed by atoms with Gasteiger partial charge in [0.2, 0.25) is 0 Å². The van der Waals surface area contributed by atoms with Gasteiger partial charge >= 0.3 is 5.97 Å². The summed E-state index contributed by atoms with van der Waals surface area (Å²) in [7, 11) is 0. The highest BCUT2D eigenvalue weighted by Crippen LogP contribution is 2.14. The largest absolute Gasteiger partial charge is 0.466 e. The third-order valence-corrected chi connectivity index (χ3v) is 2.96. The molecule has 3 nitrogen and oxygen atoms in total. The maximum Gasteiger partial charge on any atom is 0.308 e. The van der Waals surface area contributed by atoms with Crippen LogP contribution in [-0.2, 0) is 9.53 Å². The molecule has 0 radical (unpaired) electrons. The first-order valence-electron chi connectivity index (χ1n) is 6.96. The van der Waals surface area contributed by atoms with Crippen LogP contribution in [0, 0.1) is 5.92 Å². The predicted molar refractivity (Wildman–Crippen MR) is 69.8 cm³/mol. The predicted octanol–water partition coefficient (Wildman–Crippen LogP) is 3.30. The van der Waals surface area contributed by atoms with E-state index in [0.717, 1.165) is 12.8 Å². The smallest absolute Gasteiger partial charge is 0.308 e. The van der Waals surface area contributed by atoms with Crippen LogP contribution in [0.25, 0.3) is 0 Å². The van der Waals surface area contributed by atoms with Crippen LogP contribution in [-0.4, -0.2) is 23.8 Å². The number of unbranched alkanes of at least 4 members (excludes halogenated alkanes) is 4. The summed E-state index contributed by atoms with van der Waals surface area (Å²) in [4.78, 5) is 11.4. The van der Waals surface area contributed by atoms with Crippen molar-refractivity contribution in [2.75, 3.05) is 6.61 Å². The number of aliphatic hydroxyl groups excluding tert-OH is 1. The van der Waals surface area contributed by atoms with Crippen molar-refractivity contribution in [1.29, 1.82) is 0 Å². The van der Waals surface area contributed by atoms with Gasteiger partial charge in [-0.2, -0.15) is 0 Å². The standard InChI is InChI=1S/C14H28O3/c1-4-6-7-8-9-10-13(15)11-12(3)14(16)17-5-2/h12-13,15H,4-11H2,1-3H3/t12-,13-/m0/s1. The highest BCUT2D eigenvalue weighted by Gasteiger charge is 2.17. The first-order chi connectivity index (χ1) is 8.11. The lowest BCUT2D eigenvalue weighted by molar-refractivity contribution is -0.148. The summed E-state index contributed by atoms with van der Waals surface area (Å²) in [6.07, 6.45) is 6.94. The van der Waals surface area contributed by atoms with Crippen molar-refractivity contribution < 1.29 is 14.6 Å². The van der Waals surface area contributed by atoms with Gasteiger partial charge in [-0.25, -0.2) is 0 Å². The molecule has 0 heterocycles. The summed E-state index contributed by atoms with van der Waals surface area (Å²) in [5.74, 6) is -0.391. The van der Waals surface area contributed by atoms with Crippen molar-refractivity contribution in [2.45, 2.75) is 71.8 Å². The Hall–Kier alpha value is -0.570. The third-order valence-electron chi connectivity index (χ3n) is 2.96. The van der Waals surface area contributed by atoms with Gasteiger partial charge in [-0.05, 0) is 19.8 Å². The van der Waals surface area contributed by atoms with E-state index in [2.05, 4.69) is 6.92 Å². The molecule has 0 aromatic rings. The maximum absolute atomic E-state index is 11.4. The van der Waals surface area contributed by atoms with Gasteiger partial charge in [0.1, 0.15) is 0 Å². The van der Waals surface area contributed by atoms with Crippen LogP contribution >= 0.6 is 0 Å². The molecule has 0 saturated carbocycles. The van der Waals surface area contributed by atoms with Gasteiger partial charge < -0.3 is 9.84 Å². The Bertz CT molecular complexity index is 192. The number of esters is 1. The summed E-state index contributed by atoms with van der Waals surface area (Å²) in [6, 6.07) is 0. The number of carbonyl (C=O) groups is 1. The fourth-order valence-corrected chi connectivity index (χ4v) is 1.89. The fraction of sp³-hybridized carbons (Fsp3) is 0.929. The number of carbonyl (C=O) groups excluding carboxylic acids is 1. The molecule has 0 rings (SSSR count). The minimum Gasteiger partial charge on any atom is -0.466 e. The average molecular weight is 244 g/mol. The van der Waals surface area contributed by atoms with Crippen molar-refractivity contribution in [1.82, 2.24) is 0 Å². The van der Waals surface area contributed by atoms with Gasteiger partial charge in [0.05, 0.1) is 18.6 Å². The number of hydrogen-bond acceptors (Lipinski definition) is 3. The molecule has 0 aliphatic heterocycles. The van der Waals surface area contributed by atoms with E-state index in [-0.39, 0.29) is 18.0 Å².